The monoisotopic (exact) mass is 202 g/mol. The molecule has 1 saturated carbocycles. The van der Waals surface area contributed by atoms with Crippen LogP contribution in [0.1, 0.15) is 49.1 Å². The largest absolute Gasteiger partial charge is 0.508 e. The molecule has 0 spiro atoms. The standard InChI is InChI=1S/C14H18O/c15-12-7-8-14-11(9-12)6-5-10-3-1-2-4-13(10)14/h7-10,13,15H,1-6H2/t10-,13+/m0/s1. The van der Waals surface area contributed by atoms with E-state index in [2.05, 4.69) is 6.07 Å². The van der Waals surface area contributed by atoms with E-state index in [0.717, 1.165) is 11.8 Å². The predicted molar refractivity (Wildman–Crippen MR) is 61.1 cm³/mol. The van der Waals surface area contributed by atoms with E-state index in [9.17, 15) is 5.11 Å². The van der Waals surface area contributed by atoms with Gasteiger partial charge in [-0.2, -0.15) is 0 Å². The van der Waals surface area contributed by atoms with E-state index in [-0.39, 0.29) is 0 Å². The number of benzene rings is 1. The van der Waals surface area contributed by atoms with Crippen LogP contribution in [0, 0.1) is 5.92 Å². The maximum absolute atomic E-state index is 9.48. The van der Waals surface area contributed by atoms with Crippen molar-refractivity contribution in [2.45, 2.75) is 44.4 Å². The lowest BCUT2D eigenvalue weighted by molar-refractivity contribution is 0.275. The van der Waals surface area contributed by atoms with Crippen LogP contribution in [-0.2, 0) is 6.42 Å². The summed E-state index contributed by atoms with van der Waals surface area (Å²) < 4.78 is 0. The molecule has 3 rings (SSSR count). The summed E-state index contributed by atoms with van der Waals surface area (Å²) >= 11 is 0. The van der Waals surface area contributed by atoms with Gasteiger partial charge in [0.2, 0.25) is 0 Å². The van der Waals surface area contributed by atoms with Crippen molar-refractivity contribution >= 4 is 0 Å². The first-order valence-corrected chi connectivity index (χ1v) is 6.16. The van der Waals surface area contributed by atoms with Crippen molar-refractivity contribution < 1.29 is 5.11 Å². The van der Waals surface area contributed by atoms with Crippen LogP contribution in [0.5, 0.6) is 5.75 Å². The molecule has 1 N–H and O–H groups in total. The number of fused-ring (bicyclic) bond motifs is 3. The average Bonchev–Trinajstić information content (AvgIpc) is 2.28. The Labute approximate surface area is 91.1 Å². The lowest BCUT2D eigenvalue weighted by Crippen LogP contribution is -2.23. The van der Waals surface area contributed by atoms with Crippen molar-refractivity contribution in [3.05, 3.63) is 29.3 Å². The van der Waals surface area contributed by atoms with Crippen molar-refractivity contribution in [2.24, 2.45) is 5.92 Å². The Morgan fingerprint density at radius 3 is 2.87 bits per heavy atom. The minimum atomic E-state index is 0.433. The average molecular weight is 202 g/mol. The molecule has 1 fully saturated rings. The van der Waals surface area contributed by atoms with Crippen LogP contribution in [0.15, 0.2) is 18.2 Å². The zero-order valence-corrected chi connectivity index (χ0v) is 9.08. The van der Waals surface area contributed by atoms with Crippen LogP contribution in [0.4, 0.5) is 0 Å². The van der Waals surface area contributed by atoms with E-state index in [4.69, 9.17) is 0 Å². The van der Waals surface area contributed by atoms with Crippen LogP contribution < -0.4 is 0 Å². The summed E-state index contributed by atoms with van der Waals surface area (Å²) in [5.74, 6) is 2.15. The van der Waals surface area contributed by atoms with Gasteiger partial charge in [-0.15, -0.1) is 0 Å². The van der Waals surface area contributed by atoms with Gasteiger partial charge in [-0.05, 0) is 60.8 Å². The molecule has 0 aliphatic heterocycles. The van der Waals surface area contributed by atoms with Crippen LogP contribution in [-0.4, -0.2) is 5.11 Å². The normalized spacial score (nSPS) is 29.3. The van der Waals surface area contributed by atoms with Crippen molar-refractivity contribution in [3.8, 4) is 5.75 Å². The molecule has 0 saturated heterocycles. The van der Waals surface area contributed by atoms with Gasteiger partial charge < -0.3 is 5.11 Å². The Bertz CT molecular complexity index is 370. The first kappa shape index (κ1) is 9.26. The lowest BCUT2D eigenvalue weighted by atomic mass is 9.68. The Morgan fingerprint density at radius 1 is 1.07 bits per heavy atom. The molecule has 1 aromatic rings. The summed E-state index contributed by atoms with van der Waals surface area (Å²) in [5.41, 5.74) is 2.93. The topological polar surface area (TPSA) is 20.2 Å². The summed E-state index contributed by atoms with van der Waals surface area (Å²) in [7, 11) is 0. The fourth-order valence-corrected chi connectivity index (χ4v) is 3.47. The second-order valence-corrected chi connectivity index (χ2v) is 5.07. The third-order valence-corrected chi connectivity index (χ3v) is 4.22. The maximum Gasteiger partial charge on any atom is 0.115 e. The Hall–Kier alpha value is -0.980. The molecular formula is C14H18O. The molecule has 2 atom stereocenters. The molecule has 0 aromatic heterocycles. The molecule has 1 nitrogen and oxygen atoms in total. The smallest absolute Gasteiger partial charge is 0.115 e. The molecule has 80 valence electrons. The number of hydrogen-bond acceptors (Lipinski definition) is 1. The van der Waals surface area contributed by atoms with Crippen molar-refractivity contribution in [2.75, 3.05) is 0 Å². The second kappa shape index (κ2) is 3.55. The van der Waals surface area contributed by atoms with Gasteiger partial charge in [-0.3, -0.25) is 0 Å². The van der Waals surface area contributed by atoms with Crippen LogP contribution >= 0.6 is 0 Å². The molecule has 0 amide bonds. The number of phenols is 1. The minimum absolute atomic E-state index is 0.433. The van der Waals surface area contributed by atoms with Crippen LogP contribution in [0.25, 0.3) is 0 Å². The third kappa shape index (κ3) is 1.54. The minimum Gasteiger partial charge on any atom is -0.508 e. The highest BCUT2D eigenvalue weighted by Crippen LogP contribution is 2.45. The zero-order chi connectivity index (χ0) is 10.3. The first-order valence-electron chi connectivity index (χ1n) is 6.16. The summed E-state index contributed by atoms with van der Waals surface area (Å²) in [6, 6.07) is 5.99. The Morgan fingerprint density at radius 2 is 1.93 bits per heavy atom. The van der Waals surface area contributed by atoms with Gasteiger partial charge in [0, 0.05) is 0 Å². The molecule has 1 heteroatoms. The summed E-state index contributed by atoms with van der Waals surface area (Å²) in [4.78, 5) is 0. The lowest BCUT2D eigenvalue weighted by Gasteiger charge is -2.37. The number of rotatable bonds is 0. The highest BCUT2D eigenvalue weighted by atomic mass is 16.3. The molecule has 0 unspecified atom stereocenters. The molecule has 15 heavy (non-hydrogen) atoms. The summed E-state index contributed by atoms with van der Waals surface area (Å²) in [5, 5.41) is 9.48. The van der Waals surface area contributed by atoms with Gasteiger partial charge in [0.1, 0.15) is 5.75 Å². The van der Waals surface area contributed by atoms with E-state index in [1.165, 1.54) is 49.7 Å². The van der Waals surface area contributed by atoms with E-state index in [0.29, 0.717) is 5.75 Å². The Balaban J connectivity index is 1.99. The van der Waals surface area contributed by atoms with E-state index in [1.807, 2.05) is 12.1 Å². The summed E-state index contributed by atoms with van der Waals surface area (Å²) in [6.45, 7) is 0. The third-order valence-electron chi connectivity index (χ3n) is 4.22. The fraction of sp³-hybridized carbons (Fsp3) is 0.571. The number of aromatic hydroxyl groups is 1. The fourth-order valence-electron chi connectivity index (χ4n) is 3.47. The van der Waals surface area contributed by atoms with E-state index < -0.39 is 0 Å². The van der Waals surface area contributed by atoms with Gasteiger partial charge in [-0.1, -0.05) is 18.9 Å². The van der Waals surface area contributed by atoms with Gasteiger partial charge >= 0.3 is 0 Å². The molecule has 2 aliphatic rings. The number of hydrogen-bond donors (Lipinski definition) is 1. The molecule has 0 bridgehead atoms. The van der Waals surface area contributed by atoms with Gasteiger partial charge in [0.25, 0.3) is 0 Å². The quantitative estimate of drug-likeness (QED) is 0.681. The van der Waals surface area contributed by atoms with Crippen LogP contribution in [0.3, 0.4) is 0 Å². The van der Waals surface area contributed by atoms with Crippen molar-refractivity contribution in [3.63, 3.8) is 0 Å². The van der Waals surface area contributed by atoms with Gasteiger partial charge in [0.05, 0.1) is 0 Å². The molecule has 2 aliphatic carbocycles. The zero-order valence-electron chi connectivity index (χ0n) is 9.08. The number of aryl methyl sites for hydroxylation is 1. The summed E-state index contributed by atoms with van der Waals surface area (Å²) in [6.07, 6.45) is 8.11. The molecule has 1 aromatic carbocycles. The molecule has 0 heterocycles. The van der Waals surface area contributed by atoms with E-state index >= 15 is 0 Å². The molecule has 0 radical (unpaired) electrons. The highest BCUT2D eigenvalue weighted by molar-refractivity contribution is 5.39. The second-order valence-electron chi connectivity index (χ2n) is 5.07. The predicted octanol–water partition coefficient (Wildman–Crippen LogP) is 3.61. The number of phenolic OH excluding ortho intramolecular Hbond substituents is 1. The maximum atomic E-state index is 9.48. The first-order chi connectivity index (χ1) is 7.34. The van der Waals surface area contributed by atoms with Crippen molar-refractivity contribution in [1.82, 2.24) is 0 Å². The van der Waals surface area contributed by atoms with E-state index in [1.54, 1.807) is 0 Å². The van der Waals surface area contributed by atoms with Crippen molar-refractivity contribution in [1.29, 1.82) is 0 Å². The Kier molecular flexibility index (Phi) is 2.19. The highest BCUT2D eigenvalue weighted by Gasteiger charge is 2.31. The van der Waals surface area contributed by atoms with Crippen LogP contribution in [0.2, 0.25) is 0 Å². The SMILES string of the molecule is Oc1ccc2c(c1)CC[C@@H]1CCCC[C@@H]21. The van der Waals surface area contributed by atoms with Gasteiger partial charge in [-0.25, -0.2) is 0 Å². The molecular weight excluding hydrogens is 184 g/mol. The van der Waals surface area contributed by atoms with Gasteiger partial charge in [0.15, 0.2) is 0 Å².